The number of benzene rings is 2. The maximum atomic E-state index is 13.2. The molecule has 9 nitrogen and oxygen atoms in total. The van der Waals surface area contributed by atoms with Crippen LogP contribution < -0.4 is 14.2 Å². The van der Waals surface area contributed by atoms with E-state index in [4.69, 9.17) is 13.9 Å². The van der Waals surface area contributed by atoms with E-state index in [0.29, 0.717) is 34.9 Å². The standard InChI is InChI=1S/C23H23N3O6S/c1-30-19-6-4-7-20(31-2)22(19)18-14-17(24-26(18)23(27)21-8-5-13-32-21)15-9-11-16(12-10-15)25-33(3,28)29/h4-13,18,25H,14H2,1-3H3. The van der Waals surface area contributed by atoms with Crippen molar-refractivity contribution in [3.8, 4) is 11.5 Å². The number of anilines is 1. The van der Waals surface area contributed by atoms with E-state index in [0.717, 1.165) is 11.8 Å². The maximum Gasteiger partial charge on any atom is 0.310 e. The number of carbonyl (C=O) groups is 1. The van der Waals surface area contributed by atoms with Gasteiger partial charge in [0.05, 0.1) is 44.1 Å². The Morgan fingerprint density at radius 3 is 2.27 bits per heavy atom. The topological polar surface area (TPSA) is 110 Å². The van der Waals surface area contributed by atoms with Gasteiger partial charge in [-0.3, -0.25) is 9.52 Å². The van der Waals surface area contributed by atoms with E-state index in [2.05, 4.69) is 9.82 Å². The van der Waals surface area contributed by atoms with Gasteiger partial charge in [0.15, 0.2) is 5.76 Å². The Labute approximate surface area is 191 Å². The minimum atomic E-state index is -3.39. The van der Waals surface area contributed by atoms with Gasteiger partial charge < -0.3 is 13.9 Å². The Morgan fingerprint density at radius 2 is 1.73 bits per heavy atom. The van der Waals surface area contributed by atoms with E-state index in [9.17, 15) is 13.2 Å². The zero-order valence-corrected chi connectivity index (χ0v) is 19.1. The molecule has 0 saturated heterocycles. The van der Waals surface area contributed by atoms with Crippen molar-refractivity contribution in [3.63, 3.8) is 0 Å². The van der Waals surface area contributed by atoms with E-state index in [1.165, 1.54) is 11.3 Å². The first-order valence-corrected chi connectivity index (χ1v) is 11.9. The predicted octanol–water partition coefficient (Wildman–Crippen LogP) is 3.66. The van der Waals surface area contributed by atoms with Gasteiger partial charge in [0, 0.05) is 12.1 Å². The fraction of sp³-hybridized carbons (Fsp3) is 0.217. The summed E-state index contributed by atoms with van der Waals surface area (Å²) in [4.78, 5) is 13.2. The van der Waals surface area contributed by atoms with Crippen molar-refractivity contribution in [2.24, 2.45) is 5.10 Å². The summed E-state index contributed by atoms with van der Waals surface area (Å²) in [7, 11) is -0.272. The fourth-order valence-corrected chi connectivity index (χ4v) is 4.33. The molecule has 3 aromatic rings. The molecule has 1 atom stereocenters. The molecule has 0 saturated carbocycles. The zero-order valence-electron chi connectivity index (χ0n) is 18.3. The van der Waals surface area contributed by atoms with Crippen molar-refractivity contribution >= 4 is 27.3 Å². The molecule has 2 heterocycles. The minimum absolute atomic E-state index is 0.159. The lowest BCUT2D eigenvalue weighted by molar-refractivity contribution is 0.0675. The Bertz CT molecular complexity index is 1260. The van der Waals surface area contributed by atoms with Gasteiger partial charge in [0.25, 0.3) is 0 Å². The lowest BCUT2D eigenvalue weighted by Crippen LogP contribution is -2.27. The highest BCUT2D eigenvalue weighted by atomic mass is 32.2. The van der Waals surface area contributed by atoms with E-state index in [-0.39, 0.29) is 5.76 Å². The molecule has 0 spiro atoms. The Morgan fingerprint density at radius 1 is 1.06 bits per heavy atom. The molecule has 1 N–H and O–H groups in total. The molecule has 2 aromatic carbocycles. The molecular weight excluding hydrogens is 446 g/mol. The minimum Gasteiger partial charge on any atom is -0.496 e. The molecule has 1 aromatic heterocycles. The molecular formula is C23H23N3O6S. The fourth-order valence-electron chi connectivity index (χ4n) is 3.76. The summed E-state index contributed by atoms with van der Waals surface area (Å²) in [5.41, 5.74) is 2.53. The van der Waals surface area contributed by atoms with Crippen LogP contribution in [0, 0.1) is 0 Å². The molecule has 1 unspecified atom stereocenters. The van der Waals surface area contributed by atoms with E-state index >= 15 is 0 Å². The lowest BCUT2D eigenvalue weighted by atomic mass is 9.96. The summed E-state index contributed by atoms with van der Waals surface area (Å²) < 4.78 is 41.8. The first-order chi connectivity index (χ1) is 15.8. The second kappa shape index (κ2) is 8.99. The van der Waals surface area contributed by atoms with Crippen molar-refractivity contribution < 1.29 is 27.1 Å². The Balaban J connectivity index is 1.74. The van der Waals surface area contributed by atoms with Gasteiger partial charge in [-0.25, -0.2) is 13.4 Å². The van der Waals surface area contributed by atoms with Crippen molar-refractivity contribution in [3.05, 3.63) is 77.7 Å². The number of hydrazone groups is 1. The highest BCUT2D eigenvalue weighted by molar-refractivity contribution is 7.92. The zero-order chi connectivity index (χ0) is 23.6. The van der Waals surface area contributed by atoms with Gasteiger partial charge in [-0.2, -0.15) is 5.10 Å². The van der Waals surface area contributed by atoms with Crippen molar-refractivity contribution in [1.82, 2.24) is 5.01 Å². The molecule has 1 aliphatic rings. The number of sulfonamides is 1. The van der Waals surface area contributed by atoms with Gasteiger partial charge in [0.1, 0.15) is 11.5 Å². The Kier molecular flexibility index (Phi) is 6.10. The highest BCUT2D eigenvalue weighted by Crippen LogP contribution is 2.43. The van der Waals surface area contributed by atoms with Gasteiger partial charge >= 0.3 is 5.91 Å². The van der Waals surface area contributed by atoms with Gasteiger partial charge in [-0.05, 0) is 42.0 Å². The van der Waals surface area contributed by atoms with Gasteiger partial charge in [0.2, 0.25) is 10.0 Å². The van der Waals surface area contributed by atoms with Crippen LogP contribution in [0.2, 0.25) is 0 Å². The number of furan rings is 1. The second-order valence-corrected chi connectivity index (χ2v) is 9.17. The molecule has 33 heavy (non-hydrogen) atoms. The smallest absolute Gasteiger partial charge is 0.310 e. The molecule has 4 rings (SSSR count). The third kappa shape index (κ3) is 4.70. The van der Waals surface area contributed by atoms with Crippen molar-refractivity contribution in [1.29, 1.82) is 0 Å². The first kappa shape index (κ1) is 22.4. The average molecular weight is 470 g/mol. The molecule has 0 fully saturated rings. The summed E-state index contributed by atoms with van der Waals surface area (Å²) in [5.74, 6) is 0.899. The van der Waals surface area contributed by atoms with Crippen LogP contribution >= 0.6 is 0 Å². The lowest BCUT2D eigenvalue weighted by Gasteiger charge is -2.24. The average Bonchev–Trinajstić information content (AvgIpc) is 3.48. The van der Waals surface area contributed by atoms with Crippen molar-refractivity contribution in [2.75, 3.05) is 25.2 Å². The van der Waals surface area contributed by atoms with Crippen LogP contribution in [0.25, 0.3) is 0 Å². The number of amides is 1. The number of hydrogen-bond acceptors (Lipinski definition) is 7. The van der Waals surface area contributed by atoms with Crippen LogP contribution in [0.15, 0.2) is 70.4 Å². The SMILES string of the molecule is COc1cccc(OC)c1C1CC(c2ccc(NS(C)(=O)=O)cc2)=NN1C(=O)c1ccco1. The monoisotopic (exact) mass is 469 g/mol. The quantitative estimate of drug-likeness (QED) is 0.565. The third-order valence-corrected chi connectivity index (χ3v) is 5.78. The molecule has 0 radical (unpaired) electrons. The largest absolute Gasteiger partial charge is 0.496 e. The van der Waals surface area contributed by atoms with Crippen LogP contribution in [0.3, 0.4) is 0 Å². The van der Waals surface area contributed by atoms with Crippen LogP contribution in [-0.4, -0.2) is 45.5 Å². The maximum absolute atomic E-state index is 13.2. The highest BCUT2D eigenvalue weighted by Gasteiger charge is 2.38. The van der Waals surface area contributed by atoms with E-state index in [1.54, 1.807) is 62.8 Å². The predicted molar refractivity (Wildman–Crippen MR) is 123 cm³/mol. The summed E-state index contributed by atoms with van der Waals surface area (Å²) >= 11 is 0. The number of ether oxygens (including phenoxy) is 2. The van der Waals surface area contributed by atoms with E-state index < -0.39 is 22.0 Å². The number of methoxy groups -OCH3 is 2. The molecule has 10 heteroatoms. The summed E-state index contributed by atoms with van der Waals surface area (Å²) in [6, 6.07) is 14.9. The van der Waals surface area contributed by atoms with Crippen LogP contribution in [0.4, 0.5) is 5.69 Å². The summed E-state index contributed by atoms with van der Waals surface area (Å²) in [6.45, 7) is 0. The van der Waals surface area contributed by atoms with E-state index in [1.807, 2.05) is 6.07 Å². The van der Waals surface area contributed by atoms with Crippen LogP contribution in [-0.2, 0) is 10.0 Å². The number of carbonyl (C=O) groups excluding carboxylic acids is 1. The number of rotatable bonds is 7. The molecule has 1 amide bonds. The second-order valence-electron chi connectivity index (χ2n) is 7.42. The molecule has 172 valence electrons. The van der Waals surface area contributed by atoms with Crippen LogP contribution in [0.1, 0.15) is 34.1 Å². The third-order valence-electron chi connectivity index (χ3n) is 5.17. The number of nitrogens with one attached hydrogen (secondary N) is 1. The normalized spacial score (nSPS) is 15.8. The first-order valence-electron chi connectivity index (χ1n) is 10.0. The van der Waals surface area contributed by atoms with Crippen molar-refractivity contribution in [2.45, 2.75) is 12.5 Å². The molecule has 1 aliphatic heterocycles. The number of nitrogens with zero attached hydrogens (tertiary/aromatic N) is 2. The van der Waals surface area contributed by atoms with Gasteiger partial charge in [-0.1, -0.05) is 18.2 Å². The van der Waals surface area contributed by atoms with Gasteiger partial charge in [-0.15, -0.1) is 0 Å². The number of hydrogen-bond donors (Lipinski definition) is 1. The molecule has 0 aliphatic carbocycles. The summed E-state index contributed by atoms with van der Waals surface area (Å²) in [5, 5.41) is 5.99. The Hall–Kier alpha value is -3.79. The van der Waals surface area contributed by atoms with Crippen LogP contribution in [0.5, 0.6) is 11.5 Å². The summed E-state index contributed by atoms with van der Waals surface area (Å²) in [6.07, 6.45) is 2.91. The molecule has 0 bridgehead atoms.